The lowest BCUT2D eigenvalue weighted by atomic mass is 9.73. The van der Waals surface area contributed by atoms with Crippen LogP contribution in [0.4, 0.5) is 15.3 Å². The van der Waals surface area contributed by atoms with Crippen LogP contribution in [0, 0.1) is 5.92 Å². The Morgan fingerprint density at radius 3 is 2.71 bits per heavy atom. The third kappa shape index (κ3) is 6.33. The van der Waals surface area contributed by atoms with Crippen LogP contribution in [-0.2, 0) is 14.3 Å². The van der Waals surface area contributed by atoms with E-state index in [2.05, 4.69) is 31.2 Å². The van der Waals surface area contributed by atoms with Crippen LogP contribution in [-0.4, -0.2) is 77.9 Å². The van der Waals surface area contributed by atoms with E-state index in [0.717, 1.165) is 21.5 Å². The van der Waals surface area contributed by atoms with Gasteiger partial charge in [0.2, 0.25) is 5.79 Å². The van der Waals surface area contributed by atoms with Gasteiger partial charge in [-0.2, -0.15) is 0 Å². The molecule has 0 radical (unpaired) electrons. The Hall–Kier alpha value is -4.56. The van der Waals surface area contributed by atoms with Crippen molar-refractivity contribution in [3.8, 4) is 11.3 Å². The minimum atomic E-state index is -1.66. The number of aromatic nitrogens is 2. The topological polar surface area (TPSA) is 159 Å². The number of anilines is 1. The number of carbonyl (C=O) groups is 3. The zero-order valence-corrected chi connectivity index (χ0v) is 26.7. The number of pyridine rings is 1. The highest BCUT2D eigenvalue weighted by Crippen LogP contribution is 2.43. The Morgan fingerprint density at radius 1 is 1.18 bits per heavy atom. The summed E-state index contributed by atoms with van der Waals surface area (Å²) in [5.41, 5.74) is 2.22. The highest BCUT2D eigenvalue weighted by atomic mass is 32.1. The van der Waals surface area contributed by atoms with Crippen molar-refractivity contribution in [2.75, 3.05) is 31.6 Å². The Bertz CT molecular complexity index is 1620. The van der Waals surface area contributed by atoms with E-state index < -0.39 is 40.9 Å². The van der Waals surface area contributed by atoms with Crippen LogP contribution in [0.3, 0.4) is 0 Å². The van der Waals surface area contributed by atoms with Crippen LogP contribution >= 0.6 is 11.3 Å². The first-order valence-electron chi connectivity index (χ1n) is 14.7. The van der Waals surface area contributed by atoms with E-state index in [0.29, 0.717) is 18.8 Å². The van der Waals surface area contributed by atoms with Gasteiger partial charge in [-0.15, -0.1) is 11.3 Å². The van der Waals surface area contributed by atoms with E-state index in [1.165, 1.54) is 18.4 Å². The number of fused-ring (bicyclic) bond motifs is 1. The number of esters is 1. The van der Waals surface area contributed by atoms with Crippen molar-refractivity contribution in [3.63, 3.8) is 0 Å². The number of piperidine rings is 1. The van der Waals surface area contributed by atoms with Crippen LogP contribution < -0.4 is 26.2 Å². The maximum Gasteiger partial charge on any atom is 0.408 e. The fourth-order valence-electron chi connectivity index (χ4n) is 5.83. The molecule has 3 unspecified atom stereocenters. The van der Waals surface area contributed by atoms with Gasteiger partial charge in [-0.25, -0.2) is 24.4 Å². The number of alkyl carbamates (subject to hydrolysis) is 1. The average molecular weight is 635 g/mol. The summed E-state index contributed by atoms with van der Waals surface area (Å²) in [6.07, 6.45) is 6.14. The number of carbonyl (C=O) groups excluding carboxylic acids is 3. The van der Waals surface area contributed by atoms with Crippen LogP contribution in [0.25, 0.3) is 21.5 Å². The normalized spacial score (nSPS) is 23.0. The molecule has 14 heteroatoms. The van der Waals surface area contributed by atoms with Crippen molar-refractivity contribution in [1.82, 2.24) is 31.2 Å². The second-order valence-corrected chi connectivity index (χ2v) is 12.6. The summed E-state index contributed by atoms with van der Waals surface area (Å²) < 4.78 is 11.9. The van der Waals surface area contributed by atoms with Crippen molar-refractivity contribution in [1.29, 1.82) is 0 Å². The maximum atomic E-state index is 13.9. The second-order valence-electron chi connectivity index (χ2n) is 11.7. The van der Waals surface area contributed by atoms with Crippen LogP contribution in [0.2, 0.25) is 0 Å². The Kier molecular flexibility index (Phi) is 9.07. The Morgan fingerprint density at radius 2 is 2.00 bits per heavy atom. The fraction of sp³-hybridized carbons (Fsp3) is 0.419. The highest BCUT2D eigenvalue weighted by molar-refractivity contribution is 7.17. The number of thiazole rings is 1. The SMILES string of the molecule is CCNC(=O)NC1(C2CNCCC2(NC(=O)OC(C)(C)C)C(=O)OC)N=CC=CN1c1cc(-c2ccccn2)c2scnc2c1. The number of benzene rings is 1. The number of urea groups is 1. The molecular weight excluding hydrogens is 596 g/mol. The number of hydrogen-bond acceptors (Lipinski definition) is 11. The Balaban J connectivity index is 1.72. The van der Waals surface area contributed by atoms with Gasteiger partial charge in [0.25, 0.3) is 0 Å². The number of methoxy groups -OCH3 is 1. The lowest BCUT2D eigenvalue weighted by Crippen LogP contribution is -2.77. The molecule has 13 nitrogen and oxygen atoms in total. The van der Waals surface area contributed by atoms with Gasteiger partial charge >= 0.3 is 18.1 Å². The van der Waals surface area contributed by atoms with Gasteiger partial charge < -0.3 is 30.3 Å². The quantitative estimate of drug-likeness (QED) is 0.284. The maximum absolute atomic E-state index is 13.9. The smallest absolute Gasteiger partial charge is 0.408 e. The number of nitrogens with one attached hydrogen (secondary N) is 4. The van der Waals surface area contributed by atoms with Crippen molar-refractivity contribution >= 4 is 51.5 Å². The van der Waals surface area contributed by atoms with E-state index >= 15 is 0 Å². The summed E-state index contributed by atoms with van der Waals surface area (Å²) in [5, 5.41) is 12.0. The molecule has 5 rings (SSSR count). The molecule has 0 spiro atoms. The lowest BCUT2D eigenvalue weighted by Gasteiger charge is -2.53. The second kappa shape index (κ2) is 12.8. The standard InChI is InChI=1S/C31H38N8O5S/c1-6-33-27(41)37-31(24-18-32-14-11-30(24,26(40)43-5)38-28(42)44-29(2,3)4)36-13-9-15-39(31)20-16-21(22-10-7-8-12-34-22)25-23(17-20)35-19-45-25/h7-10,12-13,15-17,19,24,32H,6,11,14,18H2,1-5H3,(H,38,42)(H2,33,37,41). The molecule has 0 bridgehead atoms. The van der Waals surface area contributed by atoms with E-state index in [4.69, 9.17) is 14.5 Å². The van der Waals surface area contributed by atoms with Gasteiger partial charge in [-0.05, 0) is 71.0 Å². The third-order valence-corrected chi connectivity index (χ3v) is 8.50. The minimum Gasteiger partial charge on any atom is -0.467 e. The molecule has 3 amide bonds. The van der Waals surface area contributed by atoms with Crippen LogP contribution in [0.5, 0.6) is 0 Å². The summed E-state index contributed by atoms with van der Waals surface area (Å²) in [6, 6.07) is 9.02. The summed E-state index contributed by atoms with van der Waals surface area (Å²) in [4.78, 5) is 56.5. The zero-order valence-electron chi connectivity index (χ0n) is 25.9. The van der Waals surface area contributed by atoms with Crippen molar-refractivity contribution < 1.29 is 23.9 Å². The number of nitrogens with zero attached hydrogens (tertiary/aromatic N) is 4. The first kappa shape index (κ1) is 31.9. The molecule has 1 aromatic carbocycles. The van der Waals surface area contributed by atoms with Gasteiger partial charge in [0.05, 0.1) is 34.4 Å². The van der Waals surface area contributed by atoms with Crippen LogP contribution in [0.1, 0.15) is 34.1 Å². The third-order valence-electron chi connectivity index (χ3n) is 7.63. The van der Waals surface area contributed by atoms with Gasteiger partial charge in [-0.3, -0.25) is 10.3 Å². The van der Waals surface area contributed by atoms with Gasteiger partial charge in [0.15, 0.2) is 5.54 Å². The molecule has 2 aliphatic heterocycles. The van der Waals surface area contributed by atoms with E-state index in [1.807, 2.05) is 30.3 Å². The first-order valence-corrected chi connectivity index (χ1v) is 15.6. The largest absolute Gasteiger partial charge is 0.467 e. The molecule has 1 saturated heterocycles. The van der Waals surface area contributed by atoms with E-state index in [9.17, 15) is 14.4 Å². The average Bonchev–Trinajstić information content (AvgIpc) is 3.49. The number of amides is 3. The van der Waals surface area contributed by atoms with Crippen molar-refractivity contribution in [2.45, 2.75) is 51.0 Å². The predicted molar refractivity (Wildman–Crippen MR) is 173 cm³/mol. The number of allylic oxidation sites excluding steroid dienone is 1. The highest BCUT2D eigenvalue weighted by Gasteiger charge is 2.61. The van der Waals surface area contributed by atoms with E-state index in [-0.39, 0.29) is 13.0 Å². The van der Waals surface area contributed by atoms with Crippen molar-refractivity contribution in [2.24, 2.45) is 10.9 Å². The molecule has 3 atom stereocenters. The van der Waals surface area contributed by atoms with E-state index in [1.54, 1.807) is 62.8 Å². The van der Waals surface area contributed by atoms with Crippen LogP contribution in [0.15, 0.2) is 59.3 Å². The molecule has 238 valence electrons. The van der Waals surface area contributed by atoms with Gasteiger partial charge in [0, 0.05) is 43.0 Å². The molecule has 0 aliphatic carbocycles. The van der Waals surface area contributed by atoms with Gasteiger partial charge in [-0.1, -0.05) is 6.07 Å². The molecule has 2 aromatic heterocycles. The molecule has 1 fully saturated rings. The molecular formula is C31H38N8O5S. The molecule has 4 N–H and O–H groups in total. The number of aliphatic imine (C=N–C) groups is 1. The molecule has 2 aliphatic rings. The summed E-state index contributed by atoms with van der Waals surface area (Å²) in [7, 11) is 1.26. The van der Waals surface area contributed by atoms with Gasteiger partial charge in [0.1, 0.15) is 5.60 Å². The van der Waals surface area contributed by atoms with Crippen molar-refractivity contribution in [3.05, 3.63) is 54.3 Å². The zero-order chi connectivity index (χ0) is 32.2. The number of ether oxygens (including phenoxy) is 2. The monoisotopic (exact) mass is 634 g/mol. The molecule has 3 aromatic rings. The number of hydrogen-bond donors (Lipinski definition) is 4. The summed E-state index contributed by atoms with van der Waals surface area (Å²) >= 11 is 1.50. The molecule has 0 saturated carbocycles. The lowest BCUT2D eigenvalue weighted by molar-refractivity contribution is -0.154. The summed E-state index contributed by atoms with van der Waals surface area (Å²) in [5.74, 6) is -3.24. The Labute approximate surface area is 265 Å². The predicted octanol–water partition coefficient (Wildman–Crippen LogP) is 3.78. The fourth-order valence-corrected chi connectivity index (χ4v) is 6.63. The molecule has 45 heavy (non-hydrogen) atoms. The molecule has 4 heterocycles. The summed E-state index contributed by atoms with van der Waals surface area (Å²) in [6.45, 7) is 7.91. The minimum absolute atomic E-state index is 0.139. The number of rotatable bonds is 7. The first-order chi connectivity index (χ1) is 21.5.